The minimum absolute atomic E-state index is 0.614. The lowest BCUT2D eigenvalue weighted by Gasteiger charge is -2.12. The van der Waals surface area contributed by atoms with Crippen molar-refractivity contribution >= 4 is 34.2 Å². The molecule has 2 nitrogen and oxygen atoms in total. The van der Waals surface area contributed by atoms with Gasteiger partial charge in [0.2, 0.25) is 0 Å². The van der Waals surface area contributed by atoms with E-state index in [0.717, 1.165) is 35.3 Å². The number of hydrogen-bond donors (Lipinski definition) is 0. The molecule has 0 N–H and O–H groups in total. The number of aryl methyl sites for hydroxylation is 2. The first-order chi connectivity index (χ1) is 12.7. The summed E-state index contributed by atoms with van der Waals surface area (Å²) in [6, 6.07) is 24.3. The molecule has 130 valence electrons. The maximum absolute atomic E-state index is 6.40. The maximum atomic E-state index is 6.40. The predicted molar refractivity (Wildman–Crippen MR) is 109 cm³/mol. The second-order valence-corrected chi connectivity index (χ2v) is 7.10. The standard InChI is InChI=1S/C22H18Cl2N2/c23-18-9-6-10-19(24)17(18)15-26-21-12-5-4-11-20(21)25-22(26)14-13-16-7-2-1-3-8-16/h1-12H,13-15H2. The van der Waals surface area contributed by atoms with Crippen LogP contribution < -0.4 is 0 Å². The quantitative estimate of drug-likeness (QED) is 0.404. The molecule has 1 aromatic heterocycles. The molecule has 0 saturated carbocycles. The second kappa shape index (κ2) is 7.53. The third-order valence-corrected chi connectivity index (χ3v) is 5.30. The molecule has 3 aromatic carbocycles. The van der Waals surface area contributed by atoms with E-state index >= 15 is 0 Å². The van der Waals surface area contributed by atoms with Crippen LogP contribution >= 0.6 is 23.2 Å². The predicted octanol–water partition coefficient (Wildman–Crippen LogP) is 6.18. The summed E-state index contributed by atoms with van der Waals surface area (Å²) in [5, 5.41) is 1.37. The summed E-state index contributed by atoms with van der Waals surface area (Å²) in [5.41, 5.74) is 4.34. The number of aromatic nitrogens is 2. The van der Waals surface area contributed by atoms with Crippen molar-refractivity contribution in [3.05, 3.63) is 99.8 Å². The van der Waals surface area contributed by atoms with Gasteiger partial charge in [-0.2, -0.15) is 0 Å². The minimum Gasteiger partial charge on any atom is -0.323 e. The molecule has 0 aliphatic rings. The van der Waals surface area contributed by atoms with Gasteiger partial charge in [0, 0.05) is 22.0 Å². The molecule has 0 aliphatic carbocycles. The lowest BCUT2D eigenvalue weighted by atomic mass is 10.1. The Morgan fingerprint density at radius 1 is 0.731 bits per heavy atom. The molecule has 26 heavy (non-hydrogen) atoms. The Morgan fingerprint density at radius 3 is 2.19 bits per heavy atom. The van der Waals surface area contributed by atoms with Crippen molar-refractivity contribution in [2.24, 2.45) is 0 Å². The Kier molecular flexibility index (Phi) is 4.96. The van der Waals surface area contributed by atoms with E-state index in [1.54, 1.807) is 0 Å². The number of rotatable bonds is 5. The lowest BCUT2D eigenvalue weighted by Crippen LogP contribution is -2.07. The number of imidazole rings is 1. The molecule has 0 saturated heterocycles. The van der Waals surface area contributed by atoms with Crippen LogP contribution in [-0.4, -0.2) is 9.55 Å². The molecule has 4 rings (SSSR count). The third-order valence-electron chi connectivity index (χ3n) is 4.59. The van der Waals surface area contributed by atoms with Gasteiger partial charge in [0.05, 0.1) is 17.6 Å². The molecule has 0 amide bonds. The zero-order valence-corrected chi connectivity index (χ0v) is 15.7. The summed E-state index contributed by atoms with van der Waals surface area (Å²) >= 11 is 12.8. The van der Waals surface area contributed by atoms with Crippen molar-refractivity contribution in [2.75, 3.05) is 0 Å². The van der Waals surface area contributed by atoms with Crippen molar-refractivity contribution in [3.8, 4) is 0 Å². The number of hydrogen-bond acceptors (Lipinski definition) is 1. The fourth-order valence-corrected chi connectivity index (χ4v) is 3.75. The smallest absolute Gasteiger partial charge is 0.110 e. The monoisotopic (exact) mass is 380 g/mol. The molecule has 4 heteroatoms. The van der Waals surface area contributed by atoms with Gasteiger partial charge in [-0.25, -0.2) is 4.98 Å². The van der Waals surface area contributed by atoms with Crippen LogP contribution in [0.4, 0.5) is 0 Å². The van der Waals surface area contributed by atoms with E-state index in [9.17, 15) is 0 Å². The Bertz CT molecular complexity index is 1020. The number of para-hydroxylation sites is 2. The first kappa shape index (κ1) is 17.1. The second-order valence-electron chi connectivity index (χ2n) is 6.29. The summed E-state index contributed by atoms with van der Waals surface area (Å²) in [4.78, 5) is 4.86. The average molecular weight is 381 g/mol. The summed E-state index contributed by atoms with van der Waals surface area (Å²) in [7, 11) is 0. The first-order valence-corrected chi connectivity index (χ1v) is 9.39. The zero-order valence-electron chi connectivity index (χ0n) is 14.2. The van der Waals surface area contributed by atoms with Crippen LogP contribution in [0.1, 0.15) is 17.0 Å². The summed E-state index contributed by atoms with van der Waals surface area (Å²) in [5.74, 6) is 1.05. The van der Waals surface area contributed by atoms with Crippen LogP contribution in [0.5, 0.6) is 0 Å². The van der Waals surface area contributed by atoms with E-state index in [-0.39, 0.29) is 0 Å². The number of benzene rings is 3. The third kappa shape index (κ3) is 3.48. The normalized spacial score (nSPS) is 11.2. The molecular weight excluding hydrogens is 363 g/mol. The fourth-order valence-electron chi connectivity index (χ4n) is 3.23. The number of halogens is 2. The topological polar surface area (TPSA) is 17.8 Å². The molecule has 0 atom stereocenters. The van der Waals surface area contributed by atoms with Gasteiger partial charge in [0.15, 0.2) is 0 Å². The molecule has 4 aromatic rings. The van der Waals surface area contributed by atoms with Gasteiger partial charge >= 0.3 is 0 Å². The molecule has 0 bridgehead atoms. The van der Waals surface area contributed by atoms with Crippen LogP contribution in [0.25, 0.3) is 11.0 Å². The Balaban J connectivity index is 1.72. The highest BCUT2D eigenvalue weighted by atomic mass is 35.5. The van der Waals surface area contributed by atoms with Crippen molar-refractivity contribution in [1.29, 1.82) is 0 Å². The summed E-state index contributed by atoms with van der Waals surface area (Å²) in [6.07, 6.45) is 1.81. The minimum atomic E-state index is 0.614. The van der Waals surface area contributed by atoms with Gasteiger partial charge in [0.1, 0.15) is 5.82 Å². The maximum Gasteiger partial charge on any atom is 0.110 e. The number of nitrogens with zero attached hydrogens (tertiary/aromatic N) is 2. The van der Waals surface area contributed by atoms with E-state index in [1.807, 2.05) is 42.5 Å². The highest BCUT2D eigenvalue weighted by Gasteiger charge is 2.14. The highest BCUT2D eigenvalue weighted by Crippen LogP contribution is 2.27. The SMILES string of the molecule is Clc1cccc(Cl)c1Cn1c(CCc2ccccc2)nc2ccccc21. The largest absolute Gasteiger partial charge is 0.323 e. The van der Waals surface area contributed by atoms with Crippen molar-refractivity contribution in [2.45, 2.75) is 19.4 Å². The van der Waals surface area contributed by atoms with Gasteiger partial charge < -0.3 is 4.57 Å². The van der Waals surface area contributed by atoms with Gasteiger partial charge in [-0.15, -0.1) is 0 Å². The summed E-state index contributed by atoms with van der Waals surface area (Å²) in [6.45, 7) is 0.614. The van der Waals surface area contributed by atoms with Crippen molar-refractivity contribution in [3.63, 3.8) is 0 Å². The average Bonchev–Trinajstić information content (AvgIpc) is 3.01. The Hall–Kier alpha value is -2.29. The molecule has 0 spiro atoms. The molecule has 0 radical (unpaired) electrons. The van der Waals surface area contributed by atoms with E-state index in [0.29, 0.717) is 16.6 Å². The van der Waals surface area contributed by atoms with Crippen LogP contribution in [0.15, 0.2) is 72.8 Å². The lowest BCUT2D eigenvalue weighted by molar-refractivity contribution is 0.730. The molecule has 0 unspecified atom stereocenters. The molecule has 0 fully saturated rings. The van der Waals surface area contributed by atoms with Gasteiger partial charge in [0.25, 0.3) is 0 Å². The summed E-state index contributed by atoms with van der Waals surface area (Å²) < 4.78 is 2.23. The van der Waals surface area contributed by atoms with E-state index < -0.39 is 0 Å². The molecule has 1 heterocycles. The zero-order chi connectivity index (χ0) is 17.9. The molecular formula is C22H18Cl2N2. The fraction of sp³-hybridized carbons (Fsp3) is 0.136. The number of fused-ring (bicyclic) bond motifs is 1. The van der Waals surface area contributed by atoms with Gasteiger partial charge in [-0.05, 0) is 36.2 Å². The molecule has 0 aliphatic heterocycles. The Morgan fingerprint density at radius 2 is 1.42 bits per heavy atom. The first-order valence-electron chi connectivity index (χ1n) is 8.63. The van der Waals surface area contributed by atoms with Crippen LogP contribution in [-0.2, 0) is 19.4 Å². The van der Waals surface area contributed by atoms with Crippen LogP contribution in [0.2, 0.25) is 10.0 Å². The van der Waals surface area contributed by atoms with E-state index in [4.69, 9.17) is 28.2 Å². The van der Waals surface area contributed by atoms with Crippen LogP contribution in [0, 0.1) is 0 Å². The highest BCUT2D eigenvalue weighted by molar-refractivity contribution is 6.36. The van der Waals surface area contributed by atoms with E-state index in [2.05, 4.69) is 34.9 Å². The van der Waals surface area contributed by atoms with Gasteiger partial charge in [-0.3, -0.25) is 0 Å². The Labute approximate surface area is 163 Å². The van der Waals surface area contributed by atoms with Gasteiger partial charge in [-0.1, -0.05) is 71.7 Å². The van der Waals surface area contributed by atoms with E-state index in [1.165, 1.54) is 5.56 Å². The van der Waals surface area contributed by atoms with Crippen molar-refractivity contribution in [1.82, 2.24) is 9.55 Å². The van der Waals surface area contributed by atoms with Crippen molar-refractivity contribution < 1.29 is 0 Å². The van der Waals surface area contributed by atoms with Crippen LogP contribution in [0.3, 0.4) is 0 Å².